The van der Waals surface area contributed by atoms with Crippen LogP contribution >= 0.6 is 0 Å². The molecule has 3 atom stereocenters. The average Bonchev–Trinajstić information content (AvgIpc) is 2.86. The fraction of sp³-hybridized carbons (Fsp3) is 0.700. The van der Waals surface area contributed by atoms with Gasteiger partial charge in [-0.2, -0.15) is 0 Å². The summed E-state index contributed by atoms with van der Waals surface area (Å²) in [5, 5.41) is 10.2. The Balaban J connectivity index is 1.46. The quantitative estimate of drug-likeness (QED) is 0.904. The maximum atomic E-state index is 10.2. The van der Waals surface area contributed by atoms with E-state index in [0.717, 1.165) is 18.1 Å². The largest absolute Gasteiger partial charge is 0.504 e. The number of piperidine rings is 1. The number of fused-ring (bicyclic) bond motifs is 1. The molecule has 2 heterocycles. The maximum absolute atomic E-state index is 10.2. The average molecular weight is 313 g/mol. The first kappa shape index (κ1) is 14.2. The van der Waals surface area contributed by atoms with Crippen molar-refractivity contribution in [3.8, 4) is 11.5 Å². The summed E-state index contributed by atoms with van der Waals surface area (Å²) in [5.41, 5.74) is 1.47. The zero-order chi connectivity index (χ0) is 15.4. The molecule has 1 aromatic carbocycles. The minimum Gasteiger partial charge on any atom is -0.504 e. The standard InChI is InChI=1S/C20H27NO2/c22-17-8-3-7-16-19(17)23-18-9-2-6-15-13-21(11-10-20(15,16)18)12-14-4-1-5-14/h3,7-8,14-15,18,22H,1-2,4-6,9-13H2. The molecule has 0 bridgehead atoms. The van der Waals surface area contributed by atoms with Crippen molar-refractivity contribution in [2.75, 3.05) is 19.6 Å². The number of aromatic hydroxyl groups is 1. The molecule has 2 aliphatic carbocycles. The second-order valence-electron chi connectivity index (χ2n) is 8.24. The summed E-state index contributed by atoms with van der Waals surface area (Å²) in [6.07, 6.45) is 9.53. The summed E-state index contributed by atoms with van der Waals surface area (Å²) >= 11 is 0. The summed E-state index contributed by atoms with van der Waals surface area (Å²) < 4.78 is 6.28. The number of para-hydroxylation sites is 1. The molecule has 3 fully saturated rings. The van der Waals surface area contributed by atoms with Gasteiger partial charge in [-0.05, 0) is 63.0 Å². The predicted octanol–water partition coefficient (Wildman–Crippen LogP) is 3.70. The predicted molar refractivity (Wildman–Crippen MR) is 89.9 cm³/mol. The van der Waals surface area contributed by atoms with Crippen molar-refractivity contribution in [1.29, 1.82) is 0 Å². The minimum absolute atomic E-state index is 0.169. The number of rotatable bonds is 2. The van der Waals surface area contributed by atoms with Gasteiger partial charge in [0.2, 0.25) is 0 Å². The smallest absolute Gasteiger partial charge is 0.165 e. The third kappa shape index (κ3) is 1.98. The van der Waals surface area contributed by atoms with Gasteiger partial charge in [-0.3, -0.25) is 0 Å². The Morgan fingerprint density at radius 1 is 1.17 bits per heavy atom. The van der Waals surface area contributed by atoms with Crippen molar-refractivity contribution in [2.24, 2.45) is 11.8 Å². The molecular formula is C20H27NO2. The van der Waals surface area contributed by atoms with Crippen LogP contribution in [0.3, 0.4) is 0 Å². The highest BCUT2D eigenvalue weighted by molar-refractivity contribution is 5.54. The molecule has 124 valence electrons. The van der Waals surface area contributed by atoms with Crippen LogP contribution in [0.25, 0.3) is 0 Å². The zero-order valence-corrected chi connectivity index (χ0v) is 13.8. The zero-order valence-electron chi connectivity index (χ0n) is 13.8. The van der Waals surface area contributed by atoms with E-state index in [1.54, 1.807) is 6.07 Å². The first-order chi connectivity index (χ1) is 11.3. The molecule has 3 nitrogen and oxygen atoms in total. The van der Waals surface area contributed by atoms with E-state index >= 15 is 0 Å². The third-order valence-electron chi connectivity index (χ3n) is 7.14. The monoisotopic (exact) mass is 313 g/mol. The number of ether oxygens (including phenoxy) is 1. The molecule has 3 unspecified atom stereocenters. The van der Waals surface area contributed by atoms with E-state index in [4.69, 9.17) is 4.74 Å². The number of hydrogen-bond acceptors (Lipinski definition) is 3. The lowest BCUT2D eigenvalue weighted by Gasteiger charge is -2.51. The number of phenols is 1. The van der Waals surface area contributed by atoms with Crippen LogP contribution in [0.4, 0.5) is 0 Å². The van der Waals surface area contributed by atoms with Gasteiger partial charge in [0.1, 0.15) is 6.10 Å². The van der Waals surface area contributed by atoms with Crippen LogP contribution in [-0.2, 0) is 5.41 Å². The van der Waals surface area contributed by atoms with Crippen LogP contribution in [0, 0.1) is 11.8 Å². The molecule has 3 heteroatoms. The fourth-order valence-electron chi connectivity index (χ4n) is 5.75. The van der Waals surface area contributed by atoms with Crippen molar-refractivity contribution in [3.05, 3.63) is 23.8 Å². The van der Waals surface area contributed by atoms with Gasteiger partial charge < -0.3 is 14.7 Å². The van der Waals surface area contributed by atoms with Gasteiger partial charge >= 0.3 is 0 Å². The van der Waals surface area contributed by atoms with E-state index in [2.05, 4.69) is 11.0 Å². The van der Waals surface area contributed by atoms with Gasteiger partial charge in [-0.1, -0.05) is 18.6 Å². The fourth-order valence-corrected chi connectivity index (χ4v) is 5.75. The summed E-state index contributed by atoms with van der Waals surface area (Å²) in [5.74, 6) is 2.77. The molecule has 0 aromatic heterocycles. The molecule has 2 aliphatic heterocycles. The van der Waals surface area contributed by atoms with Crippen LogP contribution < -0.4 is 4.74 Å². The van der Waals surface area contributed by atoms with Crippen LogP contribution in [0.1, 0.15) is 50.5 Å². The molecule has 1 aromatic rings. The van der Waals surface area contributed by atoms with Crippen molar-refractivity contribution in [2.45, 2.75) is 56.5 Å². The van der Waals surface area contributed by atoms with Gasteiger partial charge in [-0.25, -0.2) is 0 Å². The van der Waals surface area contributed by atoms with Crippen LogP contribution in [0.2, 0.25) is 0 Å². The molecule has 1 spiro atoms. The van der Waals surface area contributed by atoms with Crippen LogP contribution in [0.5, 0.6) is 11.5 Å². The lowest BCUT2D eigenvalue weighted by Crippen LogP contribution is -2.57. The number of hydrogen-bond donors (Lipinski definition) is 1. The first-order valence-electron chi connectivity index (χ1n) is 9.49. The number of benzene rings is 1. The Bertz CT molecular complexity index is 612. The SMILES string of the molecule is Oc1cccc2c1OC1CCCC3CN(CC4CCC4)CCC231. The minimum atomic E-state index is 0.169. The van der Waals surface area contributed by atoms with E-state index in [1.165, 1.54) is 63.7 Å². The molecule has 5 rings (SSSR count). The summed E-state index contributed by atoms with van der Waals surface area (Å²) in [6.45, 7) is 3.73. The summed E-state index contributed by atoms with van der Waals surface area (Å²) in [6, 6.07) is 5.99. The second-order valence-corrected chi connectivity index (χ2v) is 8.24. The Kier molecular flexibility index (Phi) is 3.16. The lowest BCUT2D eigenvalue weighted by atomic mass is 9.58. The topological polar surface area (TPSA) is 32.7 Å². The van der Waals surface area contributed by atoms with Crippen molar-refractivity contribution >= 4 is 0 Å². The van der Waals surface area contributed by atoms with Crippen LogP contribution in [-0.4, -0.2) is 35.7 Å². The van der Waals surface area contributed by atoms with Crippen LogP contribution in [0.15, 0.2) is 18.2 Å². The van der Waals surface area contributed by atoms with Gasteiger partial charge in [0.25, 0.3) is 0 Å². The highest BCUT2D eigenvalue weighted by atomic mass is 16.5. The van der Waals surface area contributed by atoms with Crippen molar-refractivity contribution in [3.63, 3.8) is 0 Å². The molecule has 1 N–H and O–H groups in total. The maximum Gasteiger partial charge on any atom is 0.165 e. The lowest BCUT2D eigenvalue weighted by molar-refractivity contribution is -0.0144. The van der Waals surface area contributed by atoms with E-state index in [9.17, 15) is 5.11 Å². The molecular weight excluding hydrogens is 286 g/mol. The third-order valence-corrected chi connectivity index (χ3v) is 7.14. The van der Waals surface area contributed by atoms with E-state index in [0.29, 0.717) is 11.7 Å². The normalized spacial score (nSPS) is 36.5. The Morgan fingerprint density at radius 2 is 2.04 bits per heavy atom. The molecule has 1 saturated heterocycles. The van der Waals surface area contributed by atoms with Gasteiger partial charge in [-0.15, -0.1) is 0 Å². The Morgan fingerprint density at radius 3 is 2.87 bits per heavy atom. The van der Waals surface area contributed by atoms with E-state index in [1.807, 2.05) is 6.07 Å². The molecule has 2 saturated carbocycles. The molecule has 0 amide bonds. The second kappa shape index (κ2) is 5.14. The molecule has 0 radical (unpaired) electrons. The number of phenolic OH excluding ortho intramolecular Hbond substituents is 1. The van der Waals surface area contributed by atoms with E-state index < -0.39 is 0 Å². The van der Waals surface area contributed by atoms with Gasteiger partial charge in [0.15, 0.2) is 11.5 Å². The highest BCUT2D eigenvalue weighted by Gasteiger charge is 2.57. The number of likely N-dealkylation sites (tertiary alicyclic amines) is 1. The molecule has 4 aliphatic rings. The molecule has 23 heavy (non-hydrogen) atoms. The van der Waals surface area contributed by atoms with E-state index in [-0.39, 0.29) is 11.5 Å². The van der Waals surface area contributed by atoms with Gasteiger partial charge in [0.05, 0.1) is 0 Å². The highest BCUT2D eigenvalue weighted by Crippen LogP contribution is 2.58. The first-order valence-corrected chi connectivity index (χ1v) is 9.49. The summed E-state index contributed by atoms with van der Waals surface area (Å²) in [7, 11) is 0. The summed E-state index contributed by atoms with van der Waals surface area (Å²) in [4.78, 5) is 2.73. The Hall–Kier alpha value is -1.22. The van der Waals surface area contributed by atoms with Crippen molar-refractivity contribution < 1.29 is 9.84 Å². The van der Waals surface area contributed by atoms with Crippen molar-refractivity contribution in [1.82, 2.24) is 4.90 Å². The Labute approximate surface area is 138 Å². The number of nitrogens with zero attached hydrogens (tertiary/aromatic N) is 1. The van der Waals surface area contributed by atoms with Gasteiger partial charge in [0, 0.05) is 24.1 Å².